The molecule has 6 nitrogen and oxygen atoms in total. The van der Waals surface area contributed by atoms with Crippen LogP contribution in [0.2, 0.25) is 0 Å². The summed E-state index contributed by atoms with van der Waals surface area (Å²) >= 11 is 0. The number of amides is 2. The first kappa shape index (κ1) is 16.9. The summed E-state index contributed by atoms with van der Waals surface area (Å²) in [6, 6.07) is -0.0481. The van der Waals surface area contributed by atoms with E-state index in [1.165, 1.54) is 0 Å². The lowest BCUT2D eigenvalue weighted by molar-refractivity contribution is -0.126. The van der Waals surface area contributed by atoms with E-state index in [0.29, 0.717) is 19.7 Å². The van der Waals surface area contributed by atoms with Gasteiger partial charge in [0.05, 0.1) is 12.5 Å². The maximum atomic E-state index is 12.1. The van der Waals surface area contributed by atoms with Gasteiger partial charge < -0.3 is 21.1 Å². The molecule has 0 heterocycles. The zero-order valence-electron chi connectivity index (χ0n) is 12.3. The van der Waals surface area contributed by atoms with E-state index in [4.69, 9.17) is 10.5 Å². The van der Waals surface area contributed by atoms with Gasteiger partial charge in [0.25, 0.3) is 0 Å². The van der Waals surface area contributed by atoms with Gasteiger partial charge in [-0.2, -0.15) is 0 Å². The average molecular weight is 285 g/mol. The fourth-order valence-electron chi connectivity index (χ4n) is 2.47. The lowest BCUT2D eigenvalue weighted by Gasteiger charge is -2.20. The number of carbonyl (C=O) groups is 2. The van der Waals surface area contributed by atoms with Crippen molar-refractivity contribution in [2.24, 2.45) is 11.7 Å². The summed E-state index contributed by atoms with van der Waals surface area (Å²) < 4.78 is 4.84. The second-order valence-corrected chi connectivity index (χ2v) is 5.29. The Morgan fingerprint density at radius 2 is 1.90 bits per heavy atom. The van der Waals surface area contributed by atoms with Crippen LogP contribution in [-0.4, -0.2) is 44.7 Å². The van der Waals surface area contributed by atoms with Crippen LogP contribution in [0.5, 0.6) is 0 Å². The second kappa shape index (κ2) is 9.72. The number of nitrogens with two attached hydrogens (primary N) is 1. The first-order valence-corrected chi connectivity index (χ1v) is 7.44. The molecule has 0 aromatic rings. The molecule has 0 saturated heterocycles. The summed E-state index contributed by atoms with van der Waals surface area (Å²) in [5, 5.41) is 5.54. The maximum absolute atomic E-state index is 12.1. The molecular weight excluding hydrogens is 258 g/mol. The van der Waals surface area contributed by atoms with Crippen molar-refractivity contribution in [1.82, 2.24) is 10.6 Å². The van der Waals surface area contributed by atoms with Crippen LogP contribution >= 0.6 is 0 Å². The van der Waals surface area contributed by atoms with Gasteiger partial charge in [-0.15, -0.1) is 0 Å². The van der Waals surface area contributed by atoms with Crippen molar-refractivity contribution in [3.8, 4) is 0 Å². The number of methoxy groups -OCH3 is 1. The average Bonchev–Trinajstić information content (AvgIpc) is 2.63. The van der Waals surface area contributed by atoms with Gasteiger partial charge in [0.15, 0.2) is 0 Å². The van der Waals surface area contributed by atoms with Gasteiger partial charge >= 0.3 is 0 Å². The van der Waals surface area contributed by atoms with Crippen LogP contribution < -0.4 is 16.4 Å². The molecule has 2 unspecified atom stereocenters. The van der Waals surface area contributed by atoms with Crippen LogP contribution in [0, 0.1) is 5.92 Å². The minimum atomic E-state index is -0.103. The molecule has 1 fully saturated rings. The molecule has 2 atom stereocenters. The number of hydrogen-bond donors (Lipinski definition) is 3. The Balaban J connectivity index is 2.20. The van der Waals surface area contributed by atoms with Crippen LogP contribution in [0.4, 0.5) is 0 Å². The van der Waals surface area contributed by atoms with Crippen molar-refractivity contribution in [2.75, 3.05) is 26.8 Å². The highest BCUT2D eigenvalue weighted by Gasteiger charge is 2.26. The maximum Gasteiger partial charge on any atom is 0.224 e. The van der Waals surface area contributed by atoms with E-state index >= 15 is 0 Å². The Labute approximate surface area is 120 Å². The predicted molar refractivity (Wildman–Crippen MR) is 77.1 cm³/mol. The van der Waals surface area contributed by atoms with Crippen molar-refractivity contribution in [3.63, 3.8) is 0 Å². The summed E-state index contributed by atoms with van der Waals surface area (Å²) in [6.45, 7) is 1.35. The van der Waals surface area contributed by atoms with E-state index in [1.807, 2.05) is 0 Å². The summed E-state index contributed by atoms with van der Waals surface area (Å²) in [6.07, 6.45) is 5.37. The van der Waals surface area contributed by atoms with Crippen LogP contribution in [0.15, 0.2) is 0 Å². The first-order valence-electron chi connectivity index (χ1n) is 7.44. The van der Waals surface area contributed by atoms with Crippen molar-refractivity contribution >= 4 is 11.8 Å². The van der Waals surface area contributed by atoms with Gasteiger partial charge in [0.2, 0.25) is 11.8 Å². The summed E-state index contributed by atoms with van der Waals surface area (Å²) in [7, 11) is 1.59. The van der Waals surface area contributed by atoms with Gasteiger partial charge in [-0.05, 0) is 12.8 Å². The second-order valence-electron chi connectivity index (χ2n) is 5.29. The molecule has 6 heteroatoms. The van der Waals surface area contributed by atoms with Crippen molar-refractivity contribution in [1.29, 1.82) is 0 Å². The van der Waals surface area contributed by atoms with E-state index < -0.39 is 0 Å². The van der Waals surface area contributed by atoms with Crippen LogP contribution in [0.25, 0.3) is 0 Å². The molecule has 20 heavy (non-hydrogen) atoms. The monoisotopic (exact) mass is 285 g/mol. The molecular formula is C14H27N3O3. The minimum Gasteiger partial charge on any atom is -0.383 e. The quantitative estimate of drug-likeness (QED) is 0.459. The molecule has 0 aromatic carbocycles. The normalized spacial score (nSPS) is 22.9. The van der Waals surface area contributed by atoms with E-state index in [1.54, 1.807) is 7.11 Å². The number of ether oxygens (including phenoxy) is 1. The van der Waals surface area contributed by atoms with Crippen molar-refractivity contribution < 1.29 is 14.3 Å². The van der Waals surface area contributed by atoms with E-state index in [2.05, 4.69) is 10.6 Å². The van der Waals surface area contributed by atoms with E-state index in [0.717, 1.165) is 32.1 Å². The van der Waals surface area contributed by atoms with Crippen molar-refractivity contribution in [2.45, 2.75) is 44.6 Å². The third-order valence-electron chi connectivity index (χ3n) is 3.69. The van der Waals surface area contributed by atoms with Gasteiger partial charge in [-0.1, -0.05) is 19.3 Å². The van der Waals surface area contributed by atoms with Crippen LogP contribution in [0.1, 0.15) is 38.5 Å². The Morgan fingerprint density at radius 3 is 2.65 bits per heavy atom. The molecule has 0 aromatic heterocycles. The minimum absolute atomic E-state index is 0.0101. The molecule has 2 amide bonds. The molecule has 0 bridgehead atoms. The summed E-state index contributed by atoms with van der Waals surface area (Å²) in [5.41, 5.74) is 6.04. The summed E-state index contributed by atoms with van der Waals surface area (Å²) in [5.74, 6) is -0.189. The molecule has 1 rings (SSSR count). The van der Waals surface area contributed by atoms with Crippen molar-refractivity contribution in [3.05, 3.63) is 0 Å². The van der Waals surface area contributed by atoms with Gasteiger partial charge in [0.1, 0.15) is 0 Å². The highest BCUT2D eigenvalue weighted by Crippen LogP contribution is 2.22. The molecule has 116 valence electrons. The first-order chi connectivity index (χ1) is 9.65. The van der Waals surface area contributed by atoms with Crippen LogP contribution in [-0.2, 0) is 14.3 Å². The Morgan fingerprint density at radius 1 is 1.15 bits per heavy atom. The number of hydrogen-bond acceptors (Lipinski definition) is 4. The Hall–Kier alpha value is -1.14. The topological polar surface area (TPSA) is 93.5 Å². The third-order valence-corrected chi connectivity index (χ3v) is 3.69. The fraction of sp³-hybridized carbons (Fsp3) is 0.857. The molecule has 0 radical (unpaired) electrons. The fourth-order valence-corrected chi connectivity index (χ4v) is 2.47. The van der Waals surface area contributed by atoms with Gasteiger partial charge in [0, 0.05) is 32.7 Å². The van der Waals surface area contributed by atoms with E-state index in [-0.39, 0.29) is 30.2 Å². The Bertz CT molecular complexity index is 310. The standard InChI is InChI=1S/C14H27N3O3/c1-20-10-9-16-13(18)7-8-17-14(19)11-5-3-2-4-6-12(11)15/h11-12H,2-10,15H2,1H3,(H,16,18)(H,17,19). The molecule has 0 aliphatic heterocycles. The van der Waals surface area contributed by atoms with Crippen LogP contribution in [0.3, 0.4) is 0 Å². The molecule has 0 spiro atoms. The molecule has 4 N–H and O–H groups in total. The SMILES string of the molecule is COCCNC(=O)CCNC(=O)C1CCCCCC1N. The Kier molecular flexibility index (Phi) is 8.22. The number of nitrogens with one attached hydrogen (secondary N) is 2. The zero-order chi connectivity index (χ0) is 14.8. The third kappa shape index (κ3) is 6.34. The number of carbonyl (C=O) groups excluding carboxylic acids is 2. The highest BCUT2D eigenvalue weighted by molar-refractivity contribution is 5.81. The van der Waals surface area contributed by atoms with Gasteiger partial charge in [-0.25, -0.2) is 0 Å². The summed E-state index contributed by atoms with van der Waals surface area (Å²) in [4.78, 5) is 23.5. The number of rotatable bonds is 7. The zero-order valence-corrected chi connectivity index (χ0v) is 12.3. The van der Waals surface area contributed by atoms with Gasteiger partial charge in [-0.3, -0.25) is 9.59 Å². The lowest BCUT2D eigenvalue weighted by Crippen LogP contribution is -2.42. The highest BCUT2D eigenvalue weighted by atomic mass is 16.5. The largest absolute Gasteiger partial charge is 0.383 e. The molecule has 1 aliphatic carbocycles. The van der Waals surface area contributed by atoms with E-state index in [9.17, 15) is 9.59 Å². The molecule has 1 saturated carbocycles. The predicted octanol–water partition coefficient (Wildman–Crippen LogP) is 0.163. The smallest absolute Gasteiger partial charge is 0.224 e. The lowest BCUT2D eigenvalue weighted by atomic mass is 9.94. The molecule has 1 aliphatic rings.